The van der Waals surface area contributed by atoms with Gasteiger partial charge in [-0.15, -0.1) is 15.3 Å². The summed E-state index contributed by atoms with van der Waals surface area (Å²) in [6.45, 7) is 0.738. The number of aryl methyl sites for hydroxylation is 1. The molecule has 0 unspecified atom stereocenters. The average Bonchev–Trinajstić information content (AvgIpc) is 3.14. The van der Waals surface area contributed by atoms with Crippen molar-refractivity contribution in [2.45, 2.75) is 35.8 Å². The number of benzene rings is 1. The summed E-state index contributed by atoms with van der Waals surface area (Å²) in [5.74, 6) is 1.70. The SMILES string of the molecule is NCCCCCc1nnc2sc(SCc3ccc(Cl)c(Cl)c3)nn12. The van der Waals surface area contributed by atoms with Gasteiger partial charge in [0.25, 0.3) is 0 Å². The van der Waals surface area contributed by atoms with Crippen molar-refractivity contribution in [3.05, 3.63) is 39.6 Å². The van der Waals surface area contributed by atoms with Crippen LogP contribution in [0.1, 0.15) is 30.7 Å². The third-order valence-corrected chi connectivity index (χ3v) is 6.33. The minimum absolute atomic E-state index is 0.573. The average molecular weight is 402 g/mol. The van der Waals surface area contributed by atoms with Crippen LogP contribution < -0.4 is 5.73 Å². The third-order valence-electron chi connectivity index (χ3n) is 3.49. The Kier molecular flexibility index (Phi) is 6.35. The molecule has 3 aromatic rings. The van der Waals surface area contributed by atoms with Crippen molar-refractivity contribution in [1.82, 2.24) is 19.8 Å². The lowest BCUT2D eigenvalue weighted by Gasteiger charge is -2.01. The molecule has 0 aliphatic carbocycles. The predicted octanol–water partition coefficient (Wildman–Crippen LogP) is 4.46. The maximum Gasteiger partial charge on any atom is 0.235 e. The van der Waals surface area contributed by atoms with Gasteiger partial charge in [-0.3, -0.25) is 0 Å². The number of hydrogen-bond donors (Lipinski definition) is 1. The number of aromatic nitrogens is 4. The molecule has 9 heteroatoms. The molecule has 128 valence electrons. The summed E-state index contributed by atoms with van der Waals surface area (Å²) in [6, 6.07) is 5.68. The van der Waals surface area contributed by atoms with Crippen molar-refractivity contribution in [2.24, 2.45) is 5.73 Å². The monoisotopic (exact) mass is 401 g/mol. The molecule has 2 heterocycles. The normalized spacial score (nSPS) is 11.5. The van der Waals surface area contributed by atoms with E-state index in [1.54, 1.807) is 23.1 Å². The molecule has 2 N–H and O–H groups in total. The van der Waals surface area contributed by atoms with E-state index in [4.69, 9.17) is 28.9 Å². The second-order valence-corrected chi connectivity index (χ2v) is 8.31. The van der Waals surface area contributed by atoms with E-state index in [1.165, 1.54) is 0 Å². The highest BCUT2D eigenvalue weighted by Gasteiger charge is 2.12. The molecule has 2 aromatic heterocycles. The highest BCUT2D eigenvalue weighted by atomic mass is 35.5. The van der Waals surface area contributed by atoms with Crippen LogP contribution in [0.4, 0.5) is 0 Å². The topological polar surface area (TPSA) is 69.1 Å². The molecule has 3 rings (SSSR count). The Bertz CT molecular complexity index is 817. The molecule has 24 heavy (non-hydrogen) atoms. The van der Waals surface area contributed by atoms with Crippen LogP contribution in [0.2, 0.25) is 10.0 Å². The van der Waals surface area contributed by atoms with Crippen molar-refractivity contribution >= 4 is 51.3 Å². The Hall–Kier alpha value is -0.860. The van der Waals surface area contributed by atoms with E-state index in [1.807, 2.05) is 22.7 Å². The summed E-state index contributed by atoms with van der Waals surface area (Å²) in [7, 11) is 0. The number of hydrogen-bond acceptors (Lipinski definition) is 6. The Morgan fingerprint density at radius 1 is 1.12 bits per heavy atom. The van der Waals surface area contributed by atoms with Crippen molar-refractivity contribution in [3.8, 4) is 0 Å². The van der Waals surface area contributed by atoms with E-state index in [0.717, 1.165) is 58.7 Å². The zero-order valence-corrected chi connectivity index (χ0v) is 16.1. The van der Waals surface area contributed by atoms with Gasteiger partial charge < -0.3 is 5.73 Å². The van der Waals surface area contributed by atoms with E-state index in [9.17, 15) is 0 Å². The fourth-order valence-corrected chi connectivity index (χ4v) is 4.39. The predicted molar refractivity (Wildman–Crippen MR) is 101 cm³/mol. The van der Waals surface area contributed by atoms with Crippen LogP contribution in [-0.2, 0) is 12.2 Å². The lowest BCUT2D eigenvalue weighted by molar-refractivity contribution is 0.654. The number of nitrogens with two attached hydrogens (primary N) is 1. The van der Waals surface area contributed by atoms with Crippen LogP contribution in [0.25, 0.3) is 4.96 Å². The molecule has 0 bridgehead atoms. The van der Waals surface area contributed by atoms with Crippen LogP contribution in [0, 0.1) is 0 Å². The molecule has 0 atom stereocenters. The van der Waals surface area contributed by atoms with Gasteiger partial charge in [0.2, 0.25) is 4.96 Å². The second-order valence-electron chi connectivity index (χ2n) is 5.32. The summed E-state index contributed by atoms with van der Waals surface area (Å²) in [4.78, 5) is 0.834. The molecule has 0 saturated carbocycles. The van der Waals surface area contributed by atoms with Crippen molar-refractivity contribution in [2.75, 3.05) is 6.54 Å². The first-order chi connectivity index (χ1) is 11.7. The fourth-order valence-electron chi connectivity index (χ4n) is 2.23. The molecule has 0 amide bonds. The fraction of sp³-hybridized carbons (Fsp3) is 0.400. The van der Waals surface area contributed by atoms with E-state index in [0.29, 0.717) is 10.0 Å². The van der Waals surface area contributed by atoms with Gasteiger partial charge in [-0.05, 0) is 37.1 Å². The summed E-state index contributed by atoms with van der Waals surface area (Å²) in [5, 5.41) is 14.2. The Morgan fingerprint density at radius 2 is 2.00 bits per heavy atom. The van der Waals surface area contributed by atoms with Gasteiger partial charge in [-0.2, -0.15) is 4.52 Å². The van der Waals surface area contributed by atoms with E-state index in [2.05, 4.69) is 15.3 Å². The number of nitrogens with zero attached hydrogens (tertiary/aromatic N) is 4. The highest BCUT2D eigenvalue weighted by Crippen LogP contribution is 2.30. The van der Waals surface area contributed by atoms with Crippen molar-refractivity contribution in [3.63, 3.8) is 0 Å². The first-order valence-corrected chi connectivity index (χ1v) is 10.2. The molecule has 0 aliphatic rings. The number of thioether (sulfide) groups is 1. The van der Waals surface area contributed by atoms with Gasteiger partial charge in [-0.1, -0.05) is 58.8 Å². The van der Waals surface area contributed by atoms with E-state index >= 15 is 0 Å². The first-order valence-electron chi connectivity index (χ1n) is 7.65. The molecule has 0 saturated heterocycles. The molecule has 1 aromatic carbocycles. The summed E-state index contributed by atoms with van der Waals surface area (Å²) in [6.07, 6.45) is 4.08. The minimum Gasteiger partial charge on any atom is -0.330 e. The lowest BCUT2D eigenvalue weighted by Crippen LogP contribution is -2.00. The van der Waals surface area contributed by atoms with E-state index < -0.39 is 0 Å². The smallest absolute Gasteiger partial charge is 0.235 e. The Balaban J connectivity index is 1.63. The van der Waals surface area contributed by atoms with Crippen molar-refractivity contribution < 1.29 is 0 Å². The Morgan fingerprint density at radius 3 is 2.79 bits per heavy atom. The second kappa shape index (κ2) is 8.49. The molecular formula is C15H17Cl2N5S2. The quantitative estimate of drug-likeness (QED) is 0.445. The van der Waals surface area contributed by atoms with Gasteiger partial charge in [-0.25, -0.2) is 0 Å². The highest BCUT2D eigenvalue weighted by molar-refractivity contribution is 8.00. The molecule has 0 radical (unpaired) electrons. The number of rotatable bonds is 8. The Labute approximate surface area is 158 Å². The number of halogens is 2. The molecule has 5 nitrogen and oxygen atoms in total. The maximum absolute atomic E-state index is 6.05. The molecular weight excluding hydrogens is 385 g/mol. The van der Waals surface area contributed by atoms with Crippen LogP contribution in [0.3, 0.4) is 0 Å². The largest absolute Gasteiger partial charge is 0.330 e. The van der Waals surface area contributed by atoms with Gasteiger partial charge in [0, 0.05) is 12.2 Å². The summed E-state index contributed by atoms with van der Waals surface area (Å²) < 4.78 is 2.82. The number of fused-ring (bicyclic) bond motifs is 1. The van der Waals surface area contributed by atoms with Crippen LogP contribution in [0.5, 0.6) is 0 Å². The van der Waals surface area contributed by atoms with Gasteiger partial charge in [0.15, 0.2) is 10.2 Å². The summed E-state index contributed by atoms with van der Waals surface area (Å²) in [5.41, 5.74) is 6.63. The van der Waals surface area contributed by atoms with Gasteiger partial charge in [0.05, 0.1) is 10.0 Å². The summed E-state index contributed by atoms with van der Waals surface area (Å²) >= 11 is 15.2. The minimum atomic E-state index is 0.573. The van der Waals surface area contributed by atoms with Crippen LogP contribution >= 0.6 is 46.3 Å². The molecule has 0 spiro atoms. The number of unbranched alkanes of at least 4 members (excludes halogenated alkanes) is 2. The van der Waals surface area contributed by atoms with Crippen molar-refractivity contribution in [1.29, 1.82) is 0 Å². The lowest BCUT2D eigenvalue weighted by atomic mass is 10.2. The zero-order valence-electron chi connectivity index (χ0n) is 12.9. The third kappa shape index (κ3) is 4.40. The van der Waals surface area contributed by atoms with Gasteiger partial charge in [0.1, 0.15) is 0 Å². The molecule has 0 fully saturated rings. The standard InChI is InChI=1S/C15H17Cl2N5S2/c16-11-6-5-10(8-12(11)17)9-23-15-21-22-13(4-2-1-3-7-18)19-20-14(22)24-15/h5-6,8H,1-4,7,9,18H2. The van der Waals surface area contributed by atoms with Crippen LogP contribution in [0.15, 0.2) is 22.5 Å². The van der Waals surface area contributed by atoms with Gasteiger partial charge >= 0.3 is 0 Å². The first kappa shape index (κ1) is 17.9. The molecule has 0 aliphatic heterocycles. The van der Waals surface area contributed by atoms with Crippen LogP contribution in [-0.4, -0.2) is 26.4 Å². The zero-order chi connectivity index (χ0) is 16.9. The maximum atomic E-state index is 6.05. The van der Waals surface area contributed by atoms with E-state index in [-0.39, 0.29) is 0 Å².